The molecule has 9 heteroatoms. The number of rotatable bonds is 5. The van der Waals surface area contributed by atoms with Crippen molar-refractivity contribution in [2.24, 2.45) is 0 Å². The number of urea groups is 1. The third-order valence-corrected chi connectivity index (χ3v) is 2.69. The minimum absolute atomic E-state index is 0.0914. The minimum atomic E-state index is -0.653. The van der Waals surface area contributed by atoms with Crippen LogP contribution in [0.5, 0.6) is 0 Å². The van der Waals surface area contributed by atoms with E-state index in [0.29, 0.717) is 10.6 Å². The van der Waals surface area contributed by atoms with E-state index in [1.807, 2.05) is 0 Å². The summed E-state index contributed by atoms with van der Waals surface area (Å²) < 4.78 is 9.95. The number of benzene rings is 1. The first-order valence-electron chi connectivity index (χ1n) is 6.38. The highest BCUT2D eigenvalue weighted by atomic mass is 35.5. The molecule has 0 fully saturated rings. The third-order valence-electron chi connectivity index (χ3n) is 2.44. The van der Waals surface area contributed by atoms with E-state index in [9.17, 15) is 9.59 Å². The molecule has 0 unspecified atom stereocenters. The molecule has 0 saturated carbocycles. The Balaban J connectivity index is 1.90. The van der Waals surface area contributed by atoms with Crippen molar-refractivity contribution in [3.8, 4) is 11.5 Å². The van der Waals surface area contributed by atoms with Gasteiger partial charge in [-0.3, -0.25) is 10.1 Å². The maximum absolute atomic E-state index is 11.5. The normalized spacial score (nSPS) is 10.1. The molecule has 2 aromatic rings. The van der Waals surface area contributed by atoms with Gasteiger partial charge in [0.2, 0.25) is 5.89 Å². The van der Waals surface area contributed by atoms with Crippen LogP contribution in [-0.4, -0.2) is 35.3 Å². The summed E-state index contributed by atoms with van der Waals surface area (Å²) in [4.78, 5) is 22.6. The van der Waals surface area contributed by atoms with E-state index in [1.165, 1.54) is 0 Å². The van der Waals surface area contributed by atoms with Crippen LogP contribution >= 0.6 is 11.6 Å². The molecule has 0 aliphatic rings. The number of nitrogens with one attached hydrogen (secondary N) is 2. The van der Waals surface area contributed by atoms with Gasteiger partial charge in [0, 0.05) is 10.6 Å². The predicted octanol–water partition coefficient (Wildman–Crippen LogP) is 2.07. The number of carbonyl (C=O) groups is 2. The number of carbonyl (C=O) groups excluding carboxylic acids is 2. The van der Waals surface area contributed by atoms with Gasteiger partial charge in [-0.15, -0.1) is 5.10 Å². The van der Waals surface area contributed by atoms with E-state index in [1.54, 1.807) is 31.2 Å². The lowest BCUT2D eigenvalue weighted by atomic mass is 10.2. The van der Waals surface area contributed by atoms with Crippen molar-refractivity contribution in [2.45, 2.75) is 6.92 Å². The van der Waals surface area contributed by atoms with Gasteiger partial charge in [0.05, 0.1) is 6.61 Å². The summed E-state index contributed by atoms with van der Waals surface area (Å²) in [6, 6.07) is 6.03. The van der Waals surface area contributed by atoms with Gasteiger partial charge < -0.3 is 14.5 Å². The zero-order valence-corrected chi connectivity index (χ0v) is 12.4. The second kappa shape index (κ2) is 7.41. The molecule has 1 heterocycles. The molecule has 2 N–H and O–H groups in total. The van der Waals surface area contributed by atoms with Gasteiger partial charge >= 0.3 is 18.0 Å². The highest BCUT2D eigenvalue weighted by Gasteiger charge is 2.12. The quantitative estimate of drug-likeness (QED) is 0.815. The molecule has 0 atom stereocenters. The van der Waals surface area contributed by atoms with Crippen LogP contribution in [0, 0.1) is 0 Å². The van der Waals surface area contributed by atoms with Crippen molar-refractivity contribution < 1.29 is 18.7 Å². The molecular weight excluding hydrogens is 312 g/mol. The third kappa shape index (κ3) is 4.45. The van der Waals surface area contributed by atoms with Gasteiger partial charge in [-0.2, -0.15) is 0 Å². The van der Waals surface area contributed by atoms with Crippen LogP contribution in [0.3, 0.4) is 0 Å². The molecule has 0 spiro atoms. The highest BCUT2D eigenvalue weighted by Crippen LogP contribution is 2.21. The maximum atomic E-state index is 11.5. The Hall–Kier alpha value is -2.61. The Labute approximate surface area is 130 Å². The molecule has 1 aromatic heterocycles. The summed E-state index contributed by atoms with van der Waals surface area (Å²) in [5.41, 5.74) is 0.664. The summed E-state index contributed by atoms with van der Waals surface area (Å²) >= 11 is 5.79. The van der Waals surface area contributed by atoms with Gasteiger partial charge in [-0.1, -0.05) is 16.7 Å². The maximum Gasteiger partial charge on any atom is 0.325 e. The lowest BCUT2D eigenvalue weighted by molar-refractivity contribution is -0.141. The number of halogens is 1. The van der Waals surface area contributed by atoms with Gasteiger partial charge in [0.1, 0.15) is 6.54 Å². The fourth-order valence-corrected chi connectivity index (χ4v) is 1.61. The first kappa shape index (κ1) is 15.8. The lowest BCUT2D eigenvalue weighted by Crippen LogP contribution is -2.34. The summed E-state index contributed by atoms with van der Waals surface area (Å²) in [5, 5.41) is 12.7. The molecular formula is C13H13ClN4O4. The van der Waals surface area contributed by atoms with E-state index >= 15 is 0 Å². The van der Waals surface area contributed by atoms with E-state index < -0.39 is 12.0 Å². The van der Waals surface area contributed by atoms with Crippen molar-refractivity contribution >= 4 is 29.6 Å². The van der Waals surface area contributed by atoms with E-state index in [2.05, 4.69) is 25.6 Å². The number of esters is 1. The van der Waals surface area contributed by atoms with Crippen LogP contribution in [0.4, 0.5) is 10.8 Å². The van der Waals surface area contributed by atoms with Crippen LogP contribution in [-0.2, 0) is 9.53 Å². The minimum Gasteiger partial charge on any atom is -0.465 e. The molecule has 8 nitrogen and oxygen atoms in total. The van der Waals surface area contributed by atoms with Gasteiger partial charge in [-0.05, 0) is 31.2 Å². The molecule has 0 aliphatic carbocycles. The Morgan fingerprint density at radius 1 is 1.27 bits per heavy atom. The zero-order valence-electron chi connectivity index (χ0n) is 11.6. The number of amides is 2. The van der Waals surface area contributed by atoms with E-state index in [-0.39, 0.29) is 25.1 Å². The van der Waals surface area contributed by atoms with Crippen LogP contribution in [0.25, 0.3) is 11.5 Å². The number of hydrogen-bond donors (Lipinski definition) is 2. The Kier molecular flexibility index (Phi) is 5.31. The summed E-state index contributed by atoms with van der Waals surface area (Å²) in [6.07, 6.45) is 0. The molecule has 22 heavy (non-hydrogen) atoms. The zero-order chi connectivity index (χ0) is 15.9. The largest absolute Gasteiger partial charge is 0.465 e. The lowest BCUT2D eigenvalue weighted by Gasteiger charge is -2.03. The first-order valence-corrected chi connectivity index (χ1v) is 6.76. The van der Waals surface area contributed by atoms with Gasteiger partial charge in [-0.25, -0.2) is 4.79 Å². The van der Waals surface area contributed by atoms with Gasteiger partial charge in [0.25, 0.3) is 0 Å². The van der Waals surface area contributed by atoms with Crippen molar-refractivity contribution in [3.63, 3.8) is 0 Å². The number of anilines is 1. The fraction of sp³-hybridized carbons (Fsp3) is 0.231. The predicted molar refractivity (Wildman–Crippen MR) is 78.4 cm³/mol. The summed E-state index contributed by atoms with van der Waals surface area (Å²) in [5.74, 6) is -0.303. The van der Waals surface area contributed by atoms with Crippen LogP contribution in [0.1, 0.15) is 6.92 Å². The number of aromatic nitrogens is 2. The Morgan fingerprint density at radius 3 is 2.68 bits per heavy atom. The van der Waals surface area contributed by atoms with E-state index in [0.717, 1.165) is 0 Å². The average Bonchev–Trinajstić information content (AvgIpc) is 2.95. The van der Waals surface area contributed by atoms with Gasteiger partial charge in [0.15, 0.2) is 0 Å². The smallest absolute Gasteiger partial charge is 0.325 e. The van der Waals surface area contributed by atoms with Crippen molar-refractivity contribution in [1.82, 2.24) is 15.5 Å². The number of hydrogen-bond acceptors (Lipinski definition) is 6. The molecule has 0 radical (unpaired) electrons. The highest BCUT2D eigenvalue weighted by molar-refractivity contribution is 6.30. The monoisotopic (exact) mass is 324 g/mol. The topological polar surface area (TPSA) is 106 Å². The summed E-state index contributed by atoms with van der Waals surface area (Å²) in [7, 11) is 0. The summed E-state index contributed by atoms with van der Waals surface area (Å²) in [6.45, 7) is 1.67. The van der Waals surface area contributed by atoms with Crippen LogP contribution < -0.4 is 10.6 Å². The van der Waals surface area contributed by atoms with Crippen molar-refractivity contribution in [1.29, 1.82) is 0 Å². The standard InChI is InChI=1S/C13H13ClN4O4/c1-2-21-10(19)7-15-12(20)16-13-18-17-11(22-13)8-3-5-9(14)6-4-8/h3-6H,2,7H2,1H3,(H2,15,16,18,20). The molecule has 0 bridgehead atoms. The van der Waals surface area contributed by atoms with Crippen molar-refractivity contribution in [2.75, 3.05) is 18.5 Å². The number of nitrogens with zero attached hydrogens (tertiary/aromatic N) is 2. The molecule has 116 valence electrons. The van der Waals surface area contributed by atoms with E-state index in [4.69, 9.17) is 16.0 Å². The molecule has 2 rings (SSSR count). The second-order valence-corrected chi connectivity index (χ2v) is 4.47. The van der Waals surface area contributed by atoms with Crippen molar-refractivity contribution in [3.05, 3.63) is 29.3 Å². The SMILES string of the molecule is CCOC(=O)CNC(=O)Nc1nnc(-c2ccc(Cl)cc2)o1. The fourth-order valence-electron chi connectivity index (χ4n) is 1.49. The Bertz CT molecular complexity index is 656. The van der Waals surface area contributed by atoms with Crippen LogP contribution in [0.15, 0.2) is 28.7 Å². The second-order valence-electron chi connectivity index (χ2n) is 4.03. The molecule has 0 saturated heterocycles. The molecule has 0 aliphatic heterocycles. The average molecular weight is 325 g/mol. The Morgan fingerprint density at radius 2 is 2.00 bits per heavy atom. The first-order chi connectivity index (χ1) is 10.6. The van der Waals surface area contributed by atoms with Crippen LogP contribution in [0.2, 0.25) is 5.02 Å². The molecule has 2 amide bonds. The number of ether oxygens (including phenoxy) is 1. The molecule has 1 aromatic carbocycles.